The third kappa shape index (κ3) is 5.32. The van der Waals surface area contributed by atoms with Crippen molar-refractivity contribution >= 4 is 40.5 Å². The molecule has 2 N–H and O–H groups in total. The molecule has 4 rings (SSSR count). The molecule has 2 heterocycles. The molecule has 176 valence electrons. The van der Waals surface area contributed by atoms with Crippen LogP contribution in [-0.4, -0.2) is 24.6 Å². The first-order chi connectivity index (χ1) is 17.0. The van der Waals surface area contributed by atoms with Crippen LogP contribution in [0.15, 0.2) is 94.0 Å². The van der Waals surface area contributed by atoms with E-state index in [0.29, 0.717) is 38.9 Å². The van der Waals surface area contributed by atoms with Crippen LogP contribution in [-0.2, 0) is 4.79 Å². The lowest BCUT2D eigenvalue weighted by Crippen LogP contribution is -2.30. The van der Waals surface area contributed by atoms with Crippen LogP contribution in [0.4, 0.5) is 5.69 Å². The van der Waals surface area contributed by atoms with Crippen molar-refractivity contribution in [3.05, 3.63) is 104 Å². The zero-order valence-corrected chi connectivity index (χ0v) is 20.8. The number of rotatable bonds is 8. The van der Waals surface area contributed by atoms with Gasteiger partial charge in [0, 0.05) is 21.7 Å². The molecule has 0 bridgehead atoms. The number of methoxy groups -OCH3 is 1. The number of anilines is 1. The largest absolute Gasteiger partial charge is 0.495 e. The first kappa shape index (κ1) is 24.3. The van der Waals surface area contributed by atoms with E-state index in [1.807, 2.05) is 54.8 Å². The number of hydrogen-bond donors (Lipinski definition) is 2. The lowest BCUT2D eigenvalue weighted by molar-refractivity contribution is -0.113. The minimum atomic E-state index is -0.551. The Hall–Kier alpha value is -3.80. The molecule has 8 heteroatoms. The third-order valence-corrected chi connectivity index (χ3v) is 7.47. The Morgan fingerprint density at radius 2 is 1.86 bits per heavy atom. The monoisotopic (exact) mass is 501 g/mol. The molecule has 0 spiro atoms. The highest BCUT2D eigenvalue weighted by Gasteiger charge is 2.35. The molecule has 1 aliphatic heterocycles. The lowest BCUT2D eigenvalue weighted by Gasteiger charge is -2.29. The number of hydrogen-bond acceptors (Lipinski definition) is 7. The van der Waals surface area contributed by atoms with Gasteiger partial charge in [0.1, 0.15) is 5.75 Å². The zero-order valence-electron chi connectivity index (χ0n) is 19.2. The highest BCUT2D eigenvalue weighted by Crippen LogP contribution is 2.42. The number of allylic oxidation sites excluding steroid dienone is 2. The predicted molar refractivity (Wildman–Crippen MR) is 140 cm³/mol. The molecule has 2 aromatic carbocycles. The fourth-order valence-corrected chi connectivity index (χ4v) is 5.68. The van der Waals surface area contributed by atoms with Gasteiger partial charge >= 0.3 is 0 Å². The van der Waals surface area contributed by atoms with E-state index in [-0.39, 0.29) is 17.4 Å². The van der Waals surface area contributed by atoms with Gasteiger partial charge in [-0.05, 0) is 30.5 Å². The fourth-order valence-electron chi connectivity index (χ4n) is 3.85. The summed E-state index contributed by atoms with van der Waals surface area (Å²) in [5, 5.41) is 18.8. The second-order valence-electron chi connectivity index (χ2n) is 7.70. The molecule has 35 heavy (non-hydrogen) atoms. The van der Waals surface area contributed by atoms with Crippen LogP contribution in [0.3, 0.4) is 0 Å². The Balaban J connectivity index is 1.65. The van der Waals surface area contributed by atoms with Gasteiger partial charge in [-0.1, -0.05) is 60.3 Å². The maximum absolute atomic E-state index is 13.5. The van der Waals surface area contributed by atoms with E-state index < -0.39 is 5.92 Å². The maximum atomic E-state index is 13.5. The van der Waals surface area contributed by atoms with Crippen LogP contribution in [0.25, 0.3) is 0 Å². The van der Waals surface area contributed by atoms with E-state index in [1.165, 1.54) is 23.1 Å². The second-order valence-corrected chi connectivity index (χ2v) is 9.66. The Morgan fingerprint density at radius 1 is 1.11 bits per heavy atom. The van der Waals surface area contributed by atoms with Crippen LogP contribution in [0.1, 0.15) is 28.1 Å². The van der Waals surface area contributed by atoms with E-state index in [4.69, 9.17) is 4.74 Å². The van der Waals surface area contributed by atoms with Gasteiger partial charge < -0.3 is 15.4 Å². The molecule has 6 nitrogen and oxygen atoms in total. The molecule has 0 radical (unpaired) electrons. The average Bonchev–Trinajstić information content (AvgIpc) is 3.42. The van der Waals surface area contributed by atoms with Gasteiger partial charge in [0.25, 0.3) is 5.91 Å². The van der Waals surface area contributed by atoms with Crippen LogP contribution in [0.2, 0.25) is 0 Å². The van der Waals surface area contributed by atoms with Crippen LogP contribution in [0, 0.1) is 11.3 Å². The van der Waals surface area contributed by atoms with Gasteiger partial charge in [-0.15, -0.1) is 11.3 Å². The predicted octanol–water partition coefficient (Wildman–Crippen LogP) is 5.71. The molecule has 1 atom stereocenters. The molecule has 0 unspecified atom stereocenters. The summed E-state index contributed by atoms with van der Waals surface area (Å²) in [5.74, 6) is -0.191. The number of benzene rings is 2. The lowest BCUT2D eigenvalue weighted by atomic mass is 9.86. The molecule has 3 aromatic rings. The fraction of sp³-hybridized carbons (Fsp3) is 0.148. The number of amides is 1. The van der Waals surface area contributed by atoms with E-state index in [2.05, 4.69) is 16.7 Å². The van der Waals surface area contributed by atoms with E-state index in [9.17, 15) is 14.9 Å². The van der Waals surface area contributed by atoms with Gasteiger partial charge in [-0.3, -0.25) is 9.59 Å². The Morgan fingerprint density at radius 3 is 2.54 bits per heavy atom. The van der Waals surface area contributed by atoms with Gasteiger partial charge in [-0.2, -0.15) is 5.26 Å². The number of nitrogens with zero attached hydrogens (tertiary/aromatic N) is 1. The number of thioether (sulfide) groups is 1. The maximum Gasteiger partial charge on any atom is 0.254 e. The van der Waals surface area contributed by atoms with Gasteiger partial charge in [0.15, 0.2) is 5.78 Å². The van der Waals surface area contributed by atoms with E-state index in [0.717, 1.165) is 4.88 Å². The van der Waals surface area contributed by atoms with Crippen molar-refractivity contribution in [2.75, 3.05) is 18.2 Å². The van der Waals surface area contributed by atoms with Crippen molar-refractivity contribution in [3.63, 3.8) is 0 Å². The molecule has 0 saturated heterocycles. The number of ether oxygens (including phenoxy) is 1. The Kier molecular flexibility index (Phi) is 7.70. The van der Waals surface area contributed by atoms with E-state index in [1.54, 1.807) is 31.4 Å². The van der Waals surface area contributed by atoms with Crippen LogP contribution in [0.5, 0.6) is 5.75 Å². The minimum absolute atomic E-state index is 0.0313. The summed E-state index contributed by atoms with van der Waals surface area (Å²) in [6.45, 7) is 1.81. The highest BCUT2D eigenvalue weighted by molar-refractivity contribution is 8.03. The number of Topliss-reactive ketones (excluding diaryl/α,β-unsaturated/α-hetero) is 1. The number of nitriles is 1. The molecule has 1 aromatic heterocycles. The van der Waals surface area contributed by atoms with Gasteiger partial charge in [-0.25, -0.2) is 0 Å². The number of ketones is 1. The van der Waals surface area contributed by atoms with Gasteiger partial charge in [0.05, 0.1) is 41.1 Å². The minimum Gasteiger partial charge on any atom is -0.495 e. The Bertz CT molecular complexity index is 1340. The normalized spacial score (nSPS) is 15.3. The number of carbonyl (C=O) groups is 2. The molecule has 0 saturated carbocycles. The molecule has 1 amide bonds. The van der Waals surface area contributed by atoms with E-state index >= 15 is 0 Å². The molecule has 0 fully saturated rings. The number of dihydropyridines is 1. The number of thiophene rings is 1. The van der Waals surface area contributed by atoms with Crippen molar-refractivity contribution < 1.29 is 14.3 Å². The SMILES string of the molecule is COc1ccccc1NC(=O)C1=C(C)NC(SCC(=O)c2ccccc2)=C(C#N)[C@@H]1c1cccs1. The average molecular weight is 502 g/mol. The number of para-hydroxylation sites is 2. The van der Waals surface area contributed by atoms with Crippen molar-refractivity contribution in [1.82, 2.24) is 5.32 Å². The summed E-state index contributed by atoms with van der Waals surface area (Å²) in [7, 11) is 1.54. The summed E-state index contributed by atoms with van der Waals surface area (Å²) in [4.78, 5) is 27.1. The Labute approximate surface area is 212 Å². The van der Waals surface area contributed by atoms with Crippen molar-refractivity contribution in [2.45, 2.75) is 12.8 Å². The van der Waals surface area contributed by atoms with Gasteiger partial charge in [0.2, 0.25) is 0 Å². The smallest absolute Gasteiger partial charge is 0.254 e. The first-order valence-corrected chi connectivity index (χ1v) is 12.7. The highest BCUT2D eigenvalue weighted by atomic mass is 32.2. The number of carbonyl (C=O) groups excluding carboxylic acids is 2. The van der Waals surface area contributed by atoms with Crippen molar-refractivity contribution in [1.29, 1.82) is 5.26 Å². The molecular formula is C27H23N3O3S2. The van der Waals surface area contributed by atoms with Crippen molar-refractivity contribution in [3.8, 4) is 11.8 Å². The summed E-state index contributed by atoms with van der Waals surface area (Å²) >= 11 is 2.76. The topological polar surface area (TPSA) is 91.2 Å². The summed E-state index contributed by atoms with van der Waals surface area (Å²) < 4.78 is 5.37. The quantitative estimate of drug-likeness (QED) is 0.384. The summed E-state index contributed by atoms with van der Waals surface area (Å²) in [6.07, 6.45) is 0. The van der Waals surface area contributed by atoms with Crippen LogP contribution >= 0.6 is 23.1 Å². The summed E-state index contributed by atoms with van der Waals surface area (Å²) in [5.41, 5.74) is 2.65. The summed E-state index contributed by atoms with van der Waals surface area (Å²) in [6, 6.07) is 22.3. The molecule has 0 aliphatic carbocycles. The standard InChI is InChI=1S/C27H23N3O3S2/c1-17-24(26(32)30-20-11-6-7-12-22(20)33-2)25(23-13-8-14-34-23)19(15-28)27(29-17)35-16-21(31)18-9-4-3-5-10-18/h3-14,25,29H,16H2,1-2H3,(H,30,32)/t25-/m1/s1. The number of nitrogens with one attached hydrogen (secondary N) is 2. The third-order valence-electron chi connectivity index (χ3n) is 5.52. The second kappa shape index (κ2) is 11.1. The molecular weight excluding hydrogens is 478 g/mol. The van der Waals surface area contributed by atoms with Crippen LogP contribution < -0.4 is 15.4 Å². The van der Waals surface area contributed by atoms with Crippen molar-refractivity contribution in [2.24, 2.45) is 0 Å². The molecule has 1 aliphatic rings. The first-order valence-electron chi connectivity index (χ1n) is 10.8. The zero-order chi connectivity index (χ0) is 24.8.